The molecule has 1 aromatic heterocycles. The van der Waals surface area contributed by atoms with E-state index in [0.29, 0.717) is 0 Å². The van der Waals surface area contributed by atoms with E-state index in [4.69, 9.17) is 0 Å². The first kappa shape index (κ1) is 35.4. The molecular formula is C59H39NS. The zero-order chi connectivity index (χ0) is 40.3. The molecule has 0 fully saturated rings. The van der Waals surface area contributed by atoms with E-state index in [9.17, 15) is 0 Å². The second kappa shape index (κ2) is 14.3. The third-order valence-corrected chi connectivity index (χ3v) is 13.8. The van der Waals surface area contributed by atoms with Gasteiger partial charge in [-0.1, -0.05) is 182 Å². The maximum atomic E-state index is 2.47. The molecule has 0 amide bonds. The van der Waals surface area contributed by atoms with Crippen LogP contribution < -0.4 is 4.90 Å². The van der Waals surface area contributed by atoms with E-state index in [-0.39, 0.29) is 0 Å². The highest BCUT2D eigenvalue weighted by atomic mass is 32.1. The molecule has 0 spiro atoms. The Kier molecular flexibility index (Phi) is 8.33. The topological polar surface area (TPSA) is 3.24 Å². The first-order valence-corrected chi connectivity index (χ1v) is 21.8. The summed E-state index contributed by atoms with van der Waals surface area (Å²) in [5.74, 6) is 0. The Balaban J connectivity index is 1.07. The van der Waals surface area contributed by atoms with Crippen molar-refractivity contribution < 1.29 is 0 Å². The molecule has 1 heterocycles. The zero-order valence-corrected chi connectivity index (χ0v) is 34.2. The smallest absolute Gasteiger partial charge is 0.0714 e. The predicted molar refractivity (Wildman–Crippen MR) is 260 cm³/mol. The van der Waals surface area contributed by atoms with E-state index in [1.54, 1.807) is 0 Å². The van der Waals surface area contributed by atoms with Crippen LogP contribution in [0.3, 0.4) is 0 Å². The molecular weight excluding hydrogens is 755 g/mol. The summed E-state index contributed by atoms with van der Waals surface area (Å²) in [6.45, 7) is 0. The van der Waals surface area contributed by atoms with Gasteiger partial charge in [-0.2, -0.15) is 0 Å². The van der Waals surface area contributed by atoms with Crippen molar-refractivity contribution in [3.8, 4) is 33.4 Å². The highest BCUT2D eigenvalue weighted by Gasteiger charge is 2.46. The second-order valence-electron chi connectivity index (χ2n) is 16.1. The van der Waals surface area contributed by atoms with Gasteiger partial charge in [-0.3, -0.25) is 0 Å². The van der Waals surface area contributed by atoms with Crippen molar-refractivity contribution in [2.45, 2.75) is 5.41 Å². The van der Waals surface area contributed by atoms with Gasteiger partial charge in [0.25, 0.3) is 0 Å². The molecule has 1 aliphatic carbocycles. The molecule has 10 aromatic carbocycles. The Bertz CT molecular complexity index is 3400. The number of nitrogens with zero attached hydrogens (tertiary/aromatic N) is 1. The summed E-state index contributed by atoms with van der Waals surface area (Å²) in [4.78, 5) is 2.45. The maximum absolute atomic E-state index is 2.47. The molecule has 1 aliphatic rings. The van der Waals surface area contributed by atoms with Gasteiger partial charge < -0.3 is 4.90 Å². The number of rotatable bonds is 7. The predicted octanol–water partition coefficient (Wildman–Crippen LogP) is 16.4. The Labute approximate surface area is 360 Å². The number of hydrogen-bond donors (Lipinski definition) is 0. The van der Waals surface area contributed by atoms with E-state index >= 15 is 0 Å². The van der Waals surface area contributed by atoms with Gasteiger partial charge in [0.2, 0.25) is 0 Å². The third kappa shape index (κ3) is 5.75. The van der Waals surface area contributed by atoms with Crippen molar-refractivity contribution in [1.82, 2.24) is 0 Å². The number of thiophene rings is 1. The average molecular weight is 794 g/mol. The number of benzene rings is 10. The highest BCUT2D eigenvalue weighted by Crippen LogP contribution is 2.57. The quantitative estimate of drug-likeness (QED) is 0.155. The Morgan fingerprint density at radius 3 is 1.62 bits per heavy atom. The molecule has 0 atom stereocenters. The van der Waals surface area contributed by atoms with E-state index in [2.05, 4.69) is 241 Å². The van der Waals surface area contributed by atoms with E-state index in [0.717, 1.165) is 17.1 Å². The first-order chi connectivity index (χ1) is 30.2. The molecule has 0 bridgehead atoms. The van der Waals surface area contributed by atoms with Crippen LogP contribution in [0.1, 0.15) is 22.3 Å². The average Bonchev–Trinajstić information content (AvgIpc) is 3.85. The van der Waals surface area contributed by atoms with Gasteiger partial charge in [0.05, 0.1) is 5.41 Å². The lowest BCUT2D eigenvalue weighted by atomic mass is 9.67. The number of anilines is 3. The molecule has 1 nitrogen and oxygen atoms in total. The van der Waals surface area contributed by atoms with Gasteiger partial charge in [-0.15, -0.1) is 11.3 Å². The molecule has 0 saturated heterocycles. The van der Waals surface area contributed by atoms with Gasteiger partial charge in [0, 0.05) is 37.2 Å². The summed E-state index contributed by atoms with van der Waals surface area (Å²) in [5, 5.41) is 5.12. The van der Waals surface area contributed by atoms with Crippen LogP contribution in [0.2, 0.25) is 0 Å². The summed E-state index contributed by atoms with van der Waals surface area (Å²) >= 11 is 1.87. The summed E-state index contributed by atoms with van der Waals surface area (Å²) in [5.41, 5.74) is 15.2. The van der Waals surface area contributed by atoms with Gasteiger partial charge in [0.15, 0.2) is 0 Å². The van der Waals surface area contributed by atoms with E-state index in [1.807, 2.05) is 11.3 Å². The maximum Gasteiger partial charge on any atom is 0.0714 e. The van der Waals surface area contributed by atoms with Crippen LogP contribution in [-0.2, 0) is 5.41 Å². The Morgan fingerprint density at radius 1 is 0.311 bits per heavy atom. The fraction of sp³-hybridized carbons (Fsp3) is 0.0169. The van der Waals surface area contributed by atoms with Crippen molar-refractivity contribution in [3.05, 3.63) is 259 Å². The summed E-state index contributed by atoms with van der Waals surface area (Å²) in [6.07, 6.45) is 0. The standard InChI is InChI=1S/C59H39NS/c1-3-19-46(20-4-1)59(47-21-5-2-6-22-47)55-27-11-9-25-51(55)52-34-32-50(39-56(52)59)60(48-23-13-17-42(36-48)44-30-29-40-15-7-8-16-41(40)35-44)49-24-14-18-43(37-49)45-31-33-54-53-26-10-12-28-57(53)61-58(54)38-45/h1-39H. The Morgan fingerprint density at radius 2 is 0.869 bits per heavy atom. The molecule has 0 unspecified atom stereocenters. The highest BCUT2D eigenvalue weighted by molar-refractivity contribution is 7.25. The van der Waals surface area contributed by atoms with Crippen molar-refractivity contribution in [1.29, 1.82) is 0 Å². The van der Waals surface area contributed by atoms with Gasteiger partial charge in [-0.05, 0) is 121 Å². The number of hydrogen-bond acceptors (Lipinski definition) is 2. The second-order valence-corrected chi connectivity index (χ2v) is 17.1. The lowest BCUT2D eigenvalue weighted by molar-refractivity contribution is 0.768. The van der Waals surface area contributed by atoms with Gasteiger partial charge in [-0.25, -0.2) is 0 Å². The van der Waals surface area contributed by atoms with E-state index in [1.165, 1.54) is 86.6 Å². The first-order valence-electron chi connectivity index (χ1n) is 21.0. The molecule has 61 heavy (non-hydrogen) atoms. The summed E-state index contributed by atoms with van der Waals surface area (Å²) in [7, 11) is 0. The van der Waals surface area contributed by atoms with Gasteiger partial charge >= 0.3 is 0 Å². The van der Waals surface area contributed by atoms with Crippen LogP contribution in [0.25, 0.3) is 64.3 Å². The number of fused-ring (bicyclic) bond motifs is 7. The van der Waals surface area contributed by atoms with Crippen molar-refractivity contribution in [3.63, 3.8) is 0 Å². The monoisotopic (exact) mass is 793 g/mol. The molecule has 0 saturated carbocycles. The van der Waals surface area contributed by atoms with Crippen molar-refractivity contribution in [2.24, 2.45) is 0 Å². The molecule has 0 aliphatic heterocycles. The molecule has 0 radical (unpaired) electrons. The van der Waals surface area contributed by atoms with Crippen LogP contribution >= 0.6 is 11.3 Å². The van der Waals surface area contributed by atoms with Crippen LogP contribution in [0, 0.1) is 0 Å². The van der Waals surface area contributed by atoms with Crippen molar-refractivity contribution >= 4 is 59.3 Å². The summed E-state index contributed by atoms with van der Waals surface area (Å²) in [6, 6.07) is 87.5. The van der Waals surface area contributed by atoms with Crippen LogP contribution in [0.5, 0.6) is 0 Å². The molecule has 12 rings (SSSR count). The van der Waals surface area contributed by atoms with Gasteiger partial charge in [0.1, 0.15) is 0 Å². The van der Waals surface area contributed by atoms with Crippen LogP contribution in [0.4, 0.5) is 17.1 Å². The largest absolute Gasteiger partial charge is 0.310 e. The lowest BCUT2D eigenvalue weighted by Gasteiger charge is -2.35. The minimum absolute atomic E-state index is 0.509. The molecule has 286 valence electrons. The normalized spacial score (nSPS) is 12.7. The zero-order valence-electron chi connectivity index (χ0n) is 33.4. The lowest BCUT2D eigenvalue weighted by Crippen LogP contribution is -2.28. The third-order valence-electron chi connectivity index (χ3n) is 12.7. The minimum atomic E-state index is -0.509. The SMILES string of the molecule is c1ccc(C2(c3ccccc3)c3ccccc3-c3ccc(N(c4cccc(-c5ccc6ccccc6c5)c4)c4cccc(-c5ccc6c(c5)sc5ccccc56)c4)cc32)cc1. The van der Waals surface area contributed by atoms with Crippen LogP contribution in [-0.4, -0.2) is 0 Å². The van der Waals surface area contributed by atoms with Crippen molar-refractivity contribution in [2.75, 3.05) is 4.90 Å². The van der Waals surface area contributed by atoms with Crippen LogP contribution in [0.15, 0.2) is 237 Å². The van der Waals surface area contributed by atoms with E-state index < -0.39 is 5.41 Å². The fourth-order valence-corrected chi connectivity index (χ4v) is 11.1. The minimum Gasteiger partial charge on any atom is -0.310 e. The summed E-state index contributed by atoms with van der Waals surface area (Å²) < 4.78 is 2.63. The fourth-order valence-electron chi connectivity index (χ4n) is 9.94. The Hall–Kier alpha value is -7.52. The molecule has 0 N–H and O–H groups in total. The molecule has 11 aromatic rings. The molecule has 2 heteroatoms.